The van der Waals surface area contributed by atoms with Crippen molar-refractivity contribution in [3.8, 4) is 0 Å². The van der Waals surface area contributed by atoms with E-state index in [-0.39, 0.29) is 12.1 Å². The molecule has 6 heteroatoms. The number of amides is 1. The van der Waals surface area contributed by atoms with Gasteiger partial charge >= 0.3 is 6.09 Å². The highest BCUT2D eigenvalue weighted by Crippen LogP contribution is 2.28. The van der Waals surface area contributed by atoms with Gasteiger partial charge in [-0.2, -0.15) is 0 Å². The Morgan fingerprint density at radius 3 is 2.53 bits per heavy atom. The molecule has 0 radical (unpaired) electrons. The summed E-state index contributed by atoms with van der Waals surface area (Å²) in [5.74, 6) is 0.226. The number of carbonyl (C=O) groups excluding carboxylic acids is 1. The Morgan fingerprint density at radius 1 is 1.47 bits per heavy atom. The number of carbonyl (C=O) groups is 1. The average Bonchev–Trinajstić information content (AvgIpc) is 2.99. The van der Waals surface area contributed by atoms with Crippen LogP contribution in [0, 0.1) is 0 Å². The van der Waals surface area contributed by atoms with E-state index in [1.165, 1.54) is 0 Å². The van der Waals surface area contributed by atoms with Gasteiger partial charge in [-0.15, -0.1) is 0 Å². The predicted octanol–water partition coefficient (Wildman–Crippen LogP) is 1.89. The van der Waals surface area contributed by atoms with E-state index in [4.69, 9.17) is 9.47 Å². The van der Waals surface area contributed by atoms with Gasteiger partial charge in [0.05, 0.1) is 6.61 Å². The molecule has 1 aliphatic rings. The van der Waals surface area contributed by atoms with E-state index in [9.17, 15) is 4.79 Å². The van der Waals surface area contributed by atoms with Crippen LogP contribution in [-0.4, -0.2) is 28.3 Å². The fourth-order valence-corrected chi connectivity index (χ4v) is 1.20. The van der Waals surface area contributed by atoms with Crippen molar-refractivity contribution < 1.29 is 14.3 Å². The zero-order valence-electron chi connectivity index (χ0n) is 10.1. The monoisotopic (exact) mass is 237 g/mol. The summed E-state index contributed by atoms with van der Waals surface area (Å²) in [5, 5.41) is 2.46. The average molecular weight is 237 g/mol. The predicted molar refractivity (Wildman–Crippen MR) is 60.6 cm³/mol. The molecule has 1 N–H and O–H groups in total. The highest BCUT2D eigenvalue weighted by atomic mass is 16.6. The molecule has 0 unspecified atom stereocenters. The Balaban J connectivity index is 1.92. The van der Waals surface area contributed by atoms with Crippen LogP contribution in [0.3, 0.4) is 0 Å². The second-order valence-corrected chi connectivity index (χ2v) is 4.79. The number of hydrogen-bond donors (Lipinski definition) is 1. The highest BCUT2D eigenvalue weighted by Gasteiger charge is 2.25. The van der Waals surface area contributed by atoms with Crippen molar-refractivity contribution >= 4 is 12.0 Å². The van der Waals surface area contributed by atoms with Crippen molar-refractivity contribution in [3.05, 3.63) is 18.0 Å². The van der Waals surface area contributed by atoms with Crippen LogP contribution in [0.15, 0.2) is 12.4 Å². The van der Waals surface area contributed by atoms with Gasteiger partial charge in [-0.3, -0.25) is 5.32 Å². The number of rotatable bonds is 2. The first kappa shape index (κ1) is 11.8. The van der Waals surface area contributed by atoms with E-state index in [0.29, 0.717) is 6.61 Å². The zero-order chi connectivity index (χ0) is 12.5. The van der Waals surface area contributed by atoms with Gasteiger partial charge in [0.1, 0.15) is 11.7 Å². The van der Waals surface area contributed by atoms with Gasteiger partial charge in [-0.05, 0) is 20.8 Å². The number of epoxide rings is 1. The van der Waals surface area contributed by atoms with Crippen LogP contribution in [0.25, 0.3) is 0 Å². The molecule has 1 amide bonds. The molecule has 0 bridgehead atoms. The number of nitrogens with one attached hydrogen (secondary N) is 1. The van der Waals surface area contributed by atoms with Crippen molar-refractivity contribution in [2.24, 2.45) is 0 Å². The van der Waals surface area contributed by atoms with E-state index in [2.05, 4.69) is 15.3 Å². The topological polar surface area (TPSA) is 76.6 Å². The second-order valence-electron chi connectivity index (χ2n) is 4.79. The molecule has 1 aromatic rings. The Bertz CT molecular complexity index is 407. The third-order valence-electron chi connectivity index (χ3n) is 1.99. The molecule has 1 fully saturated rings. The molecule has 0 aliphatic carbocycles. The molecule has 1 atom stereocenters. The van der Waals surface area contributed by atoms with E-state index < -0.39 is 11.7 Å². The first-order valence-corrected chi connectivity index (χ1v) is 5.37. The van der Waals surface area contributed by atoms with E-state index in [1.807, 2.05) is 0 Å². The summed E-state index contributed by atoms with van der Waals surface area (Å²) in [5.41, 5.74) is 0.381. The molecule has 1 aromatic heterocycles. The van der Waals surface area contributed by atoms with Gasteiger partial charge in [0.2, 0.25) is 5.95 Å². The number of hydrogen-bond acceptors (Lipinski definition) is 5. The maximum Gasteiger partial charge on any atom is 0.414 e. The molecule has 1 saturated heterocycles. The SMILES string of the molecule is CC(C)(C)OC(=O)Nc1ncc([C@H]2CO2)cn1. The summed E-state index contributed by atoms with van der Waals surface area (Å²) in [4.78, 5) is 19.4. The Kier molecular flexibility index (Phi) is 2.97. The summed E-state index contributed by atoms with van der Waals surface area (Å²) in [6.45, 7) is 6.09. The summed E-state index contributed by atoms with van der Waals surface area (Å²) in [6.07, 6.45) is 2.83. The zero-order valence-corrected chi connectivity index (χ0v) is 10.1. The Morgan fingerprint density at radius 2 is 2.06 bits per heavy atom. The quantitative estimate of drug-likeness (QED) is 0.795. The molecule has 0 aromatic carbocycles. The van der Waals surface area contributed by atoms with Gasteiger partial charge in [0, 0.05) is 18.0 Å². The standard InChI is InChI=1S/C11H15N3O3/c1-11(2,3)17-10(15)14-9-12-4-7(5-13-9)8-6-16-8/h4-5,8H,6H2,1-3H3,(H,12,13,14,15)/t8-/m1/s1. The van der Waals surface area contributed by atoms with Crippen LogP contribution < -0.4 is 5.32 Å². The van der Waals surface area contributed by atoms with Crippen molar-refractivity contribution in [3.63, 3.8) is 0 Å². The van der Waals surface area contributed by atoms with E-state index >= 15 is 0 Å². The smallest absolute Gasteiger partial charge is 0.414 e. The Labute approximate surface area is 99.4 Å². The molecule has 2 heterocycles. The summed E-state index contributed by atoms with van der Waals surface area (Å²) < 4.78 is 10.2. The van der Waals surface area contributed by atoms with Crippen molar-refractivity contribution in [2.45, 2.75) is 32.5 Å². The van der Waals surface area contributed by atoms with Gasteiger partial charge in [-0.25, -0.2) is 14.8 Å². The van der Waals surface area contributed by atoms with Crippen LogP contribution in [0.2, 0.25) is 0 Å². The molecular weight excluding hydrogens is 222 g/mol. The van der Waals surface area contributed by atoms with Crippen LogP contribution in [0.5, 0.6) is 0 Å². The first-order valence-electron chi connectivity index (χ1n) is 5.37. The van der Waals surface area contributed by atoms with Gasteiger partial charge in [0.25, 0.3) is 0 Å². The minimum absolute atomic E-state index is 0.116. The first-order chi connectivity index (χ1) is 7.94. The lowest BCUT2D eigenvalue weighted by atomic mass is 10.2. The second kappa shape index (κ2) is 4.29. The molecule has 1 aliphatic heterocycles. The third-order valence-corrected chi connectivity index (χ3v) is 1.99. The van der Waals surface area contributed by atoms with E-state index in [0.717, 1.165) is 5.56 Å². The lowest BCUT2D eigenvalue weighted by molar-refractivity contribution is 0.0634. The number of ether oxygens (including phenoxy) is 2. The lowest BCUT2D eigenvalue weighted by Gasteiger charge is -2.19. The largest absolute Gasteiger partial charge is 0.444 e. The van der Waals surface area contributed by atoms with Gasteiger partial charge in [0.15, 0.2) is 0 Å². The minimum atomic E-state index is -0.562. The third kappa shape index (κ3) is 3.67. The van der Waals surface area contributed by atoms with Crippen LogP contribution in [0.4, 0.5) is 10.7 Å². The fourth-order valence-electron chi connectivity index (χ4n) is 1.20. The van der Waals surface area contributed by atoms with Gasteiger partial charge < -0.3 is 9.47 Å². The van der Waals surface area contributed by atoms with Gasteiger partial charge in [-0.1, -0.05) is 0 Å². The molecular formula is C11H15N3O3. The maximum absolute atomic E-state index is 11.4. The normalized spacial score (nSPS) is 18.6. The molecule has 92 valence electrons. The molecule has 0 spiro atoms. The summed E-state index contributed by atoms with van der Waals surface area (Å²) in [7, 11) is 0. The van der Waals surface area contributed by atoms with Crippen molar-refractivity contribution in [2.75, 3.05) is 11.9 Å². The molecule has 0 saturated carbocycles. The van der Waals surface area contributed by atoms with Crippen LogP contribution in [-0.2, 0) is 9.47 Å². The minimum Gasteiger partial charge on any atom is -0.444 e. The van der Waals surface area contributed by atoms with Crippen LogP contribution >= 0.6 is 0 Å². The number of aromatic nitrogens is 2. The van der Waals surface area contributed by atoms with Crippen LogP contribution in [0.1, 0.15) is 32.4 Å². The maximum atomic E-state index is 11.4. The molecule has 2 rings (SSSR count). The highest BCUT2D eigenvalue weighted by molar-refractivity contribution is 5.82. The number of nitrogens with zero attached hydrogens (tertiary/aromatic N) is 2. The molecule has 17 heavy (non-hydrogen) atoms. The lowest BCUT2D eigenvalue weighted by Crippen LogP contribution is -2.27. The summed E-state index contributed by atoms with van der Waals surface area (Å²) in [6, 6.07) is 0. The van der Waals surface area contributed by atoms with E-state index in [1.54, 1.807) is 33.2 Å². The Hall–Kier alpha value is -1.69. The van der Waals surface area contributed by atoms with Crippen molar-refractivity contribution in [1.29, 1.82) is 0 Å². The molecule has 6 nitrogen and oxygen atoms in total. The fraction of sp³-hybridized carbons (Fsp3) is 0.545. The number of anilines is 1. The summed E-state index contributed by atoms with van der Waals surface area (Å²) >= 11 is 0. The van der Waals surface area contributed by atoms with Crippen molar-refractivity contribution in [1.82, 2.24) is 9.97 Å².